The van der Waals surface area contributed by atoms with Crippen molar-refractivity contribution >= 4 is 21.4 Å². The summed E-state index contributed by atoms with van der Waals surface area (Å²) in [6.45, 7) is 4.27. The van der Waals surface area contributed by atoms with E-state index in [4.69, 9.17) is 10.5 Å². The number of rotatable bonds is 6. The Kier molecular flexibility index (Phi) is 4.97. The van der Waals surface area contributed by atoms with E-state index in [0.717, 1.165) is 36.5 Å². The Morgan fingerprint density at radius 1 is 1.58 bits per heavy atom. The summed E-state index contributed by atoms with van der Waals surface area (Å²) < 4.78 is 32.5. The maximum atomic E-state index is 12.1. The first-order valence-electron chi connectivity index (χ1n) is 6.39. The summed E-state index contributed by atoms with van der Waals surface area (Å²) in [5, 5.41) is 0. The first-order chi connectivity index (χ1) is 9.03. The van der Waals surface area contributed by atoms with Gasteiger partial charge in [-0.2, -0.15) is 0 Å². The normalized spacial score (nSPS) is 20.0. The molecule has 0 radical (unpaired) electrons. The quantitative estimate of drug-likeness (QED) is 0.828. The zero-order valence-corrected chi connectivity index (χ0v) is 12.6. The third-order valence-electron chi connectivity index (χ3n) is 3.32. The van der Waals surface area contributed by atoms with Crippen LogP contribution < -0.4 is 10.5 Å². The molecule has 108 valence electrons. The summed E-state index contributed by atoms with van der Waals surface area (Å²) in [4.78, 5) is 0.921. The van der Waals surface area contributed by atoms with Crippen LogP contribution in [0.15, 0.2) is 10.3 Å². The van der Waals surface area contributed by atoms with Crippen LogP contribution in [0.25, 0.3) is 0 Å². The number of hydrogen-bond donors (Lipinski definition) is 2. The highest BCUT2D eigenvalue weighted by Gasteiger charge is 2.20. The van der Waals surface area contributed by atoms with E-state index in [-0.39, 0.29) is 0 Å². The van der Waals surface area contributed by atoms with E-state index in [1.165, 1.54) is 11.3 Å². The SMILES string of the molecule is Cc1cc(S(=O)(=O)NCCC2CCOC2)sc1CN. The zero-order chi connectivity index (χ0) is 13.9. The predicted molar refractivity (Wildman–Crippen MR) is 75.7 cm³/mol. The molecule has 1 saturated heterocycles. The van der Waals surface area contributed by atoms with E-state index >= 15 is 0 Å². The monoisotopic (exact) mass is 304 g/mol. The Bertz CT molecular complexity index is 519. The van der Waals surface area contributed by atoms with Gasteiger partial charge in [-0.3, -0.25) is 0 Å². The number of sulfonamides is 1. The maximum Gasteiger partial charge on any atom is 0.250 e. The molecular weight excluding hydrogens is 284 g/mol. The van der Waals surface area contributed by atoms with Crippen LogP contribution in [0.4, 0.5) is 0 Å². The maximum absolute atomic E-state index is 12.1. The molecule has 1 aromatic heterocycles. The largest absolute Gasteiger partial charge is 0.381 e. The van der Waals surface area contributed by atoms with Crippen LogP contribution in [-0.4, -0.2) is 28.2 Å². The smallest absolute Gasteiger partial charge is 0.250 e. The van der Waals surface area contributed by atoms with Crippen molar-refractivity contribution in [2.24, 2.45) is 11.7 Å². The van der Waals surface area contributed by atoms with Crippen LogP contribution in [0.1, 0.15) is 23.3 Å². The zero-order valence-electron chi connectivity index (χ0n) is 11.0. The van der Waals surface area contributed by atoms with Crippen LogP contribution in [0.3, 0.4) is 0 Å². The standard InChI is InChI=1S/C12H20N2O3S2/c1-9-6-12(18-11(9)7-13)19(15,16)14-4-2-10-3-5-17-8-10/h6,10,14H,2-5,7-8,13H2,1H3. The van der Waals surface area contributed by atoms with Gasteiger partial charge in [-0.1, -0.05) is 0 Å². The number of ether oxygens (including phenoxy) is 1. The fourth-order valence-corrected chi connectivity index (χ4v) is 4.66. The van der Waals surface area contributed by atoms with Gasteiger partial charge in [0.25, 0.3) is 0 Å². The second-order valence-electron chi connectivity index (χ2n) is 4.79. The van der Waals surface area contributed by atoms with Crippen molar-refractivity contribution < 1.29 is 13.2 Å². The molecule has 0 spiro atoms. The average molecular weight is 304 g/mol. The van der Waals surface area contributed by atoms with Gasteiger partial charge in [-0.15, -0.1) is 11.3 Å². The lowest BCUT2D eigenvalue weighted by Crippen LogP contribution is -2.25. The molecule has 2 rings (SSSR count). The van der Waals surface area contributed by atoms with Crippen LogP contribution in [-0.2, 0) is 21.3 Å². The van der Waals surface area contributed by atoms with E-state index in [1.807, 2.05) is 6.92 Å². The van der Waals surface area contributed by atoms with Gasteiger partial charge in [0.15, 0.2) is 0 Å². The van der Waals surface area contributed by atoms with Crippen molar-refractivity contribution in [1.29, 1.82) is 0 Å². The molecule has 0 aliphatic carbocycles. The Morgan fingerprint density at radius 3 is 2.95 bits per heavy atom. The third-order valence-corrected chi connectivity index (χ3v) is 6.51. The minimum atomic E-state index is -3.39. The van der Waals surface area contributed by atoms with E-state index < -0.39 is 10.0 Å². The molecule has 1 aliphatic heterocycles. The van der Waals surface area contributed by atoms with Gasteiger partial charge < -0.3 is 10.5 Å². The van der Waals surface area contributed by atoms with Crippen LogP contribution in [0, 0.1) is 12.8 Å². The summed E-state index contributed by atoms with van der Waals surface area (Å²) in [5.41, 5.74) is 6.51. The molecule has 1 fully saturated rings. The summed E-state index contributed by atoms with van der Waals surface area (Å²) >= 11 is 1.25. The fourth-order valence-electron chi connectivity index (χ4n) is 2.10. The van der Waals surface area contributed by atoms with E-state index in [2.05, 4.69) is 4.72 Å². The van der Waals surface area contributed by atoms with E-state index in [1.54, 1.807) is 6.07 Å². The number of aryl methyl sites for hydroxylation is 1. The van der Waals surface area contributed by atoms with Crippen LogP contribution >= 0.6 is 11.3 Å². The first kappa shape index (κ1) is 14.9. The fraction of sp³-hybridized carbons (Fsp3) is 0.667. The van der Waals surface area contributed by atoms with E-state index in [9.17, 15) is 8.42 Å². The number of nitrogens with two attached hydrogens (primary N) is 1. The molecular formula is C12H20N2O3S2. The van der Waals surface area contributed by atoms with E-state index in [0.29, 0.717) is 23.2 Å². The highest BCUT2D eigenvalue weighted by molar-refractivity contribution is 7.91. The summed E-state index contributed by atoms with van der Waals surface area (Å²) in [7, 11) is -3.39. The topological polar surface area (TPSA) is 81.4 Å². The second-order valence-corrected chi connectivity index (χ2v) is 7.92. The molecule has 1 aromatic rings. The Labute approximate surface area is 118 Å². The molecule has 0 amide bonds. The number of hydrogen-bond acceptors (Lipinski definition) is 5. The lowest BCUT2D eigenvalue weighted by Gasteiger charge is -2.08. The average Bonchev–Trinajstić information content (AvgIpc) is 2.98. The lowest BCUT2D eigenvalue weighted by molar-refractivity contribution is 0.184. The number of nitrogens with one attached hydrogen (secondary N) is 1. The molecule has 2 heterocycles. The summed E-state index contributed by atoms with van der Waals surface area (Å²) in [6, 6.07) is 1.69. The summed E-state index contributed by atoms with van der Waals surface area (Å²) in [6.07, 6.45) is 1.85. The molecule has 19 heavy (non-hydrogen) atoms. The van der Waals surface area contributed by atoms with Crippen molar-refractivity contribution in [3.8, 4) is 0 Å². The molecule has 1 atom stereocenters. The Morgan fingerprint density at radius 2 is 2.37 bits per heavy atom. The third kappa shape index (κ3) is 3.76. The first-order valence-corrected chi connectivity index (χ1v) is 8.69. The Balaban J connectivity index is 1.93. The van der Waals surface area contributed by atoms with Crippen molar-refractivity contribution in [3.63, 3.8) is 0 Å². The molecule has 5 nitrogen and oxygen atoms in total. The van der Waals surface area contributed by atoms with Crippen LogP contribution in [0.2, 0.25) is 0 Å². The Hall–Kier alpha value is -0.470. The molecule has 0 aromatic carbocycles. The molecule has 3 N–H and O–H groups in total. The van der Waals surface area contributed by atoms with Gasteiger partial charge in [0, 0.05) is 31.2 Å². The van der Waals surface area contributed by atoms with Crippen molar-refractivity contribution in [2.75, 3.05) is 19.8 Å². The minimum Gasteiger partial charge on any atom is -0.381 e. The van der Waals surface area contributed by atoms with Gasteiger partial charge >= 0.3 is 0 Å². The highest BCUT2D eigenvalue weighted by Crippen LogP contribution is 2.25. The molecule has 0 bridgehead atoms. The molecule has 1 unspecified atom stereocenters. The van der Waals surface area contributed by atoms with Crippen molar-refractivity contribution in [1.82, 2.24) is 4.72 Å². The minimum absolute atomic E-state index is 0.355. The van der Waals surface area contributed by atoms with Crippen molar-refractivity contribution in [2.45, 2.75) is 30.5 Å². The molecule has 7 heteroatoms. The van der Waals surface area contributed by atoms with Crippen LogP contribution in [0.5, 0.6) is 0 Å². The number of thiophene rings is 1. The van der Waals surface area contributed by atoms with Gasteiger partial charge in [0.2, 0.25) is 10.0 Å². The lowest BCUT2D eigenvalue weighted by atomic mass is 10.1. The predicted octanol–water partition coefficient (Wildman–Crippen LogP) is 1.22. The van der Waals surface area contributed by atoms with Gasteiger partial charge in [0.1, 0.15) is 4.21 Å². The second kappa shape index (κ2) is 6.32. The summed E-state index contributed by atoms with van der Waals surface area (Å²) in [5.74, 6) is 0.479. The highest BCUT2D eigenvalue weighted by atomic mass is 32.2. The van der Waals surface area contributed by atoms with Gasteiger partial charge in [0.05, 0.1) is 0 Å². The molecule has 0 saturated carbocycles. The van der Waals surface area contributed by atoms with Gasteiger partial charge in [-0.05, 0) is 37.3 Å². The molecule has 1 aliphatic rings. The van der Waals surface area contributed by atoms with Crippen molar-refractivity contribution in [3.05, 3.63) is 16.5 Å². The van der Waals surface area contributed by atoms with Gasteiger partial charge in [-0.25, -0.2) is 13.1 Å².